The SMILES string of the molecule is Nc1ccc(C(=O)OCCNC(=O)CCC(=O)NCCOC(=O)c2ccc(N)cn2)nc1. The predicted octanol–water partition coefficient (Wildman–Crippen LogP) is -0.333. The highest BCUT2D eigenvalue weighted by molar-refractivity contribution is 5.88. The average molecular weight is 444 g/mol. The molecule has 2 amide bonds. The molecule has 6 N–H and O–H groups in total. The van der Waals surface area contributed by atoms with Crippen molar-refractivity contribution in [2.45, 2.75) is 12.8 Å². The summed E-state index contributed by atoms with van der Waals surface area (Å²) in [5, 5.41) is 5.07. The van der Waals surface area contributed by atoms with Gasteiger partial charge in [0.15, 0.2) is 0 Å². The van der Waals surface area contributed by atoms with Crippen molar-refractivity contribution in [2.75, 3.05) is 37.8 Å². The van der Waals surface area contributed by atoms with E-state index in [1.54, 1.807) is 0 Å². The Morgan fingerprint density at radius 2 is 1.12 bits per heavy atom. The maximum atomic E-state index is 11.8. The Morgan fingerprint density at radius 3 is 1.47 bits per heavy atom. The maximum absolute atomic E-state index is 11.8. The molecule has 0 fully saturated rings. The van der Waals surface area contributed by atoms with Gasteiger partial charge in [-0.15, -0.1) is 0 Å². The number of nitrogens with zero attached hydrogens (tertiary/aromatic N) is 2. The molecular formula is C20H24N6O6. The van der Waals surface area contributed by atoms with Gasteiger partial charge in [-0.3, -0.25) is 9.59 Å². The number of carbonyl (C=O) groups excluding carboxylic acids is 4. The lowest BCUT2D eigenvalue weighted by Gasteiger charge is -2.08. The fraction of sp³-hybridized carbons (Fsp3) is 0.300. The zero-order valence-electron chi connectivity index (χ0n) is 17.2. The normalized spacial score (nSPS) is 10.1. The first kappa shape index (κ1) is 24.1. The van der Waals surface area contributed by atoms with Crippen molar-refractivity contribution >= 4 is 35.1 Å². The number of hydrogen-bond acceptors (Lipinski definition) is 10. The third-order valence-electron chi connectivity index (χ3n) is 3.88. The summed E-state index contributed by atoms with van der Waals surface area (Å²) >= 11 is 0. The highest BCUT2D eigenvalue weighted by Crippen LogP contribution is 2.03. The van der Waals surface area contributed by atoms with Gasteiger partial charge in [-0.05, 0) is 24.3 Å². The van der Waals surface area contributed by atoms with Crippen LogP contribution in [0.5, 0.6) is 0 Å². The number of nitrogen functional groups attached to an aromatic ring is 2. The molecule has 0 saturated heterocycles. The summed E-state index contributed by atoms with van der Waals surface area (Å²) in [6.45, 7) is 0.0979. The summed E-state index contributed by atoms with van der Waals surface area (Å²) in [5.41, 5.74) is 12.0. The molecule has 0 atom stereocenters. The van der Waals surface area contributed by atoms with E-state index in [0.717, 1.165) is 0 Å². The molecule has 0 radical (unpaired) electrons. The van der Waals surface area contributed by atoms with Gasteiger partial charge < -0.3 is 31.6 Å². The van der Waals surface area contributed by atoms with E-state index in [2.05, 4.69) is 20.6 Å². The molecule has 0 saturated carbocycles. The fourth-order valence-corrected chi connectivity index (χ4v) is 2.27. The van der Waals surface area contributed by atoms with Crippen molar-refractivity contribution < 1.29 is 28.7 Å². The van der Waals surface area contributed by atoms with Crippen LogP contribution in [0.3, 0.4) is 0 Å². The molecule has 2 rings (SSSR count). The minimum absolute atomic E-state index is 0.0446. The van der Waals surface area contributed by atoms with Crippen molar-refractivity contribution in [1.29, 1.82) is 0 Å². The number of esters is 2. The predicted molar refractivity (Wildman–Crippen MR) is 113 cm³/mol. The summed E-state index contributed by atoms with van der Waals surface area (Å²) in [7, 11) is 0. The molecule has 32 heavy (non-hydrogen) atoms. The molecule has 0 aliphatic rings. The van der Waals surface area contributed by atoms with E-state index >= 15 is 0 Å². The molecule has 2 aromatic heterocycles. The van der Waals surface area contributed by atoms with Crippen LogP contribution in [0.15, 0.2) is 36.7 Å². The molecule has 0 aromatic carbocycles. The quantitative estimate of drug-likeness (QED) is 0.264. The van der Waals surface area contributed by atoms with Gasteiger partial charge in [0.25, 0.3) is 0 Å². The lowest BCUT2D eigenvalue weighted by atomic mass is 10.3. The topological polar surface area (TPSA) is 189 Å². The van der Waals surface area contributed by atoms with Crippen molar-refractivity contribution in [1.82, 2.24) is 20.6 Å². The average Bonchev–Trinajstić information content (AvgIpc) is 2.78. The zero-order valence-corrected chi connectivity index (χ0v) is 17.2. The van der Waals surface area contributed by atoms with Crippen LogP contribution in [0.25, 0.3) is 0 Å². The van der Waals surface area contributed by atoms with Gasteiger partial charge in [0, 0.05) is 12.8 Å². The van der Waals surface area contributed by atoms with Crippen LogP contribution in [0.1, 0.15) is 33.8 Å². The van der Waals surface area contributed by atoms with E-state index < -0.39 is 11.9 Å². The van der Waals surface area contributed by atoms with Gasteiger partial charge in [-0.2, -0.15) is 0 Å². The molecule has 0 spiro atoms. The molecule has 0 aliphatic heterocycles. The van der Waals surface area contributed by atoms with Crippen LogP contribution in [0, 0.1) is 0 Å². The molecule has 0 bridgehead atoms. The monoisotopic (exact) mass is 444 g/mol. The number of nitrogens with one attached hydrogen (secondary N) is 2. The summed E-state index contributed by atoms with van der Waals surface area (Å²) < 4.78 is 9.96. The first-order valence-corrected chi connectivity index (χ1v) is 9.66. The van der Waals surface area contributed by atoms with Gasteiger partial charge in [0.05, 0.1) is 36.9 Å². The number of pyridine rings is 2. The highest BCUT2D eigenvalue weighted by Gasteiger charge is 2.11. The summed E-state index contributed by atoms with van der Waals surface area (Å²) in [6, 6.07) is 5.92. The Labute approximate surface area is 183 Å². The highest BCUT2D eigenvalue weighted by atomic mass is 16.5. The molecular weight excluding hydrogens is 420 g/mol. The summed E-state index contributed by atoms with van der Waals surface area (Å²) in [6.07, 6.45) is 2.58. The standard InChI is InChI=1S/C20H24N6O6/c21-13-1-3-15(25-11-13)19(29)31-9-7-23-17(27)5-6-18(28)24-8-10-32-20(30)16-4-2-14(22)12-26-16/h1-4,11-12H,5-10,21-22H2,(H,23,27)(H,24,28). The van der Waals surface area contributed by atoms with Crippen molar-refractivity contribution in [3.05, 3.63) is 48.0 Å². The number of ether oxygens (including phenoxy) is 2. The van der Waals surface area contributed by atoms with Crippen LogP contribution in [0.4, 0.5) is 11.4 Å². The molecule has 0 unspecified atom stereocenters. The van der Waals surface area contributed by atoms with E-state index in [4.69, 9.17) is 20.9 Å². The number of anilines is 2. The second kappa shape index (κ2) is 12.5. The lowest BCUT2D eigenvalue weighted by Crippen LogP contribution is -2.31. The van der Waals surface area contributed by atoms with Crippen LogP contribution >= 0.6 is 0 Å². The van der Waals surface area contributed by atoms with Gasteiger partial charge in [0.2, 0.25) is 11.8 Å². The van der Waals surface area contributed by atoms with Crippen molar-refractivity contribution in [3.63, 3.8) is 0 Å². The van der Waals surface area contributed by atoms with Crippen molar-refractivity contribution in [3.8, 4) is 0 Å². The van der Waals surface area contributed by atoms with E-state index in [9.17, 15) is 19.2 Å². The second-order valence-corrected chi connectivity index (χ2v) is 6.43. The number of aromatic nitrogens is 2. The minimum atomic E-state index is -0.633. The maximum Gasteiger partial charge on any atom is 0.356 e. The third-order valence-corrected chi connectivity index (χ3v) is 3.88. The van der Waals surface area contributed by atoms with E-state index in [0.29, 0.717) is 11.4 Å². The zero-order chi connectivity index (χ0) is 23.3. The van der Waals surface area contributed by atoms with Gasteiger partial charge >= 0.3 is 11.9 Å². The lowest BCUT2D eigenvalue weighted by molar-refractivity contribution is -0.126. The van der Waals surface area contributed by atoms with Crippen LogP contribution < -0.4 is 22.1 Å². The molecule has 0 aliphatic carbocycles. The molecule has 12 nitrogen and oxygen atoms in total. The van der Waals surface area contributed by atoms with Gasteiger partial charge in [-0.25, -0.2) is 19.6 Å². The molecule has 170 valence electrons. The minimum Gasteiger partial charge on any atom is -0.459 e. The Morgan fingerprint density at radius 1 is 0.719 bits per heavy atom. The van der Waals surface area contributed by atoms with E-state index in [1.807, 2.05) is 0 Å². The second-order valence-electron chi connectivity index (χ2n) is 6.43. The fourth-order valence-electron chi connectivity index (χ4n) is 2.27. The summed E-state index contributed by atoms with van der Waals surface area (Å²) in [4.78, 5) is 54.7. The Hall–Kier alpha value is -4.22. The van der Waals surface area contributed by atoms with E-state index in [1.165, 1.54) is 36.7 Å². The number of nitrogens with two attached hydrogens (primary N) is 2. The Kier molecular flexibility index (Phi) is 9.37. The molecule has 12 heteroatoms. The summed E-state index contributed by atoms with van der Waals surface area (Å²) in [5.74, 6) is -2.01. The van der Waals surface area contributed by atoms with Crippen LogP contribution in [-0.4, -0.2) is 60.0 Å². The largest absolute Gasteiger partial charge is 0.459 e. The Bertz CT molecular complexity index is 855. The van der Waals surface area contributed by atoms with Gasteiger partial charge in [0.1, 0.15) is 24.6 Å². The number of carbonyl (C=O) groups is 4. The van der Waals surface area contributed by atoms with Crippen LogP contribution in [0.2, 0.25) is 0 Å². The first-order chi connectivity index (χ1) is 15.3. The number of hydrogen-bond donors (Lipinski definition) is 4. The first-order valence-electron chi connectivity index (χ1n) is 9.66. The number of amides is 2. The van der Waals surface area contributed by atoms with Gasteiger partial charge in [-0.1, -0.05) is 0 Å². The van der Waals surface area contributed by atoms with E-state index in [-0.39, 0.29) is 62.3 Å². The third kappa shape index (κ3) is 8.65. The van der Waals surface area contributed by atoms with Crippen LogP contribution in [-0.2, 0) is 19.1 Å². The number of rotatable bonds is 11. The smallest absolute Gasteiger partial charge is 0.356 e. The Balaban J connectivity index is 1.51. The van der Waals surface area contributed by atoms with Crippen molar-refractivity contribution in [2.24, 2.45) is 0 Å². The molecule has 2 heterocycles. The molecule has 2 aromatic rings.